The van der Waals surface area contributed by atoms with Crippen LogP contribution in [0.4, 0.5) is 0 Å². The Bertz CT molecular complexity index is 366. The molecule has 4 nitrogen and oxygen atoms in total. The Hall–Kier alpha value is -1.26. The van der Waals surface area contributed by atoms with E-state index in [1.54, 1.807) is 14.0 Å². The van der Waals surface area contributed by atoms with Crippen LogP contribution >= 0.6 is 12.4 Å². The number of benzene rings is 1. The largest absolute Gasteiger partial charge is 0.497 e. The Morgan fingerprint density at radius 2 is 1.94 bits per heavy atom. The number of carbonyl (C=O) groups is 1. The molecular formula is C13H21ClN2O2. The first kappa shape index (κ1) is 16.7. The molecule has 5 heteroatoms. The van der Waals surface area contributed by atoms with Crippen molar-refractivity contribution in [1.82, 2.24) is 5.32 Å². The fourth-order valence-electron chi connectivity index (χ4n) is 1.56. The van der Waals surface area contributed by atoms with Crippen LogP contribution in [-0.2, 0) is 4.79 Å². The molecule has 3 N–H and O–H groups in total. The molecule has 1 amide bonds. The summed E-state index contributed by atoms with van der Waals surface area (Å²) in [6.07, 6.45) is 0.824. The van der Waals surface area contributed by atoms with E-state index in [4.69, 9.17) is 10.5 Å². The first-order valence-electron chi connectivity index (χ1n) is 5.78. The maximum atomic E-state index is 11.5. The SMILES string of the molecule is CCC(NC(=O)C(C)N)c1ccc(OC)cc1.Cl. The van der Waals surface area contributed by atoms with Crippen molar-refractivity contribution in [2.75, 3.05) is 7.11 Å². The number of hydrogen-bond acceptors (Lipinski definition) is 3. The lowest BCUT2D eigenvalue weighted by Gasteiger charge is -2.19. The van der Waals surface area contributed by atoms with E-state index >= 15 is 0 Å². The van der Waals surface area contributed by atoms with Crippen molar-refractivity contribution in [3.8, 4) is 5.75 Å². The molecule has 1 aromatic rings. The molecule has 0 fully saturated rings. The van der Waals surface area contributed by atoms with Gasteiger partial charge in [0.05, 0.1) is 19.2 Å². The zero-order chi connectivity index (χ0) is 12.8. The summed E-state index contributed by atoms with van der Waals surface area (Å²) in [6, 6.07) is 7.19. The van der Waals surface area contributed by atoms with Crippen molar-refractivity contribution in [3.05, 3.63) is 29.8 Å². The van der Waals surface area contributed by atoms with Crippen LogP contribution in [0.15, 0.2) is 24.3 Å². The van der Waals surface area contributed by atoms with E-state index in [0.717, 1.165) is 17.7 Å². The molecule has 0 aliphatic rings. The summed E-state index contributed by atoms with van der Waals surface area (Å²) in [5.74, 6) is 0.676. The van der Waals surface area contributed by atoms with Crippen molar-refractivity contribution in [3.63, 3.8) is 0 Å². The van der Waals surface area contributed by atoms with Crippen LogP contribution in [-0.4, -0.2) is 19.1 Å². The third-order valence-corrected chi connectivity index (χ3v) is 2.66. The lowest BCUT2D eigenvalue weighted by Crippen LogP contribution is -2.40. The van der Waals surface area contributed by atoms with Gasteiger partial charge in [-0.3, -0.25) is 4.79 Å². The quantitative estimate of drug-likeness (QED) is 0.862. The fourth-order valence-corrected chi connectivity index (χ4v) is 1.56. The van der Waals surface area contributed by atoms with Gasteiger partial charge in [-0.25, -0.2) is 0 Å². The van der Waals surface area contributed by atoms with E-state index < -0.39 is 6.04 Å². The number of nitrogens with one attached hydrogen (secondary N) is 1. The van der Waals surface area contributed by atoms with Crippen molar-refractivity contribution in [1.29, 1.82) is 0 Å². The molecule has 102 valence electrons. The van der Waals surface area contributed by atoms with Gasteiger partial charge in [0.15, 0.2) is 0 Å². The predicted molar refractivity (Wildman–Crippen MR) is 75.1 cm³/mol. The Kier molecular flexibility index (Phi) is 7.39. The van der Waals surface area contributed by atoms with Crippen LogP contribution in [0.3, 0.4) is 0 Å². The number of methoxy groups -OCH3 is 1. The van der Waals surface area contributed by atoms with Crippen LogP contribution < -0.4 is 15.8 Å². The van der Waals surface area contributed by atoms with Gasteiger partial charge in [-0.2, -0.15) is 0 Å². The maximum Gasteiger partial charge on any atom is 0.237 e. The minimum atomic E-state index is -0.484. The van der Waals surface area contributed by atoms with Crippen molar-refractivity contribution in [2.24, 2.45) is 5.73 Å². The Morgan fingerprint density at radius 1 is 1.39 bits per heavy atom. The van der Waals surface area contributed by atoms with Crippen LogP contribution in [0.1, 0.15) is 31.9 Å². The second-order valence-electron chi connectivity index (χ2n) is 4.03. The molecular weight excluding hydrogens is 252 g/mol. The van der Waals surface area contributed by atoms with Crippen LogP contribution in [0.2, 0.25) is 0 Å². The number of carbonyl (C=O) groups excluding carboxylic acids is 1. The van der Waals surface area contributed by atoms with Crippen LogP contribution in [0, 0.1) is 0 Å². The summed E-state index contributed by atoms with van der Waals surface area (Å²) < 4.78 is 5.09. The monoisotopic (exact) mass is 272 g/mol. The van der Waals surface area contributed by atoms with Gasteiger partial charge in [-0.05, 0) is 31.0 Å². The molecule has 1 aromatic carbocycles. The van der Waals surface area contributed by atoms with E-state index in [9.17, 15) is 4.79 Å². The molecule has 0 spiro atoms. The molecule has 0 aliphatic heterocycles. The second kappa shape index (κ2) is 7.95. The summed E-state index contributed by atoms with van der Waals surface area (Å²) in [6.45, 7) is 3.70. The van der Waals surface area contributed by atoms with E-state index in [1.165, 1.54) is 0 Å². The molecule has 1 rings (SSSR count). The molecule has 18 heavy (non-hydrogen) atoms. The van der Waals surface area contributed by atoms with Gasteiger partial charge in [-0.15, -0.1) is 12.4 Å². The van der Waals surface area contributed by atoms with E-state index in [-0.39, 0.29) is 24.4 Å². The van der Waals surface area contributed by atoms with Crippen LogP contribution in [0.25, 0.3) is 0 Å². The van der Waals surface area contributed by atoms with Gasteiger partial charge in [0, 0.05) is 0 Å². The average Bonchev–Trinajstić information content (AvgIpc) is 2.35. The Morgan fingerprint density at radius 3 is 2.33 bits per heavy atom. The molecule has 0 saturated heterocycles. The number of ether oxygens (including phenoxy) is 1. The molecule has 0 bridgehead atoms. The topological polar surface area (TPSA) is 64.4 Å². The lowest BCUT2D eigenvalue weighted by molar-refractivity contribution is -0.122. The number of rotatable bonds is 5. The molecule has 0 saturated carbocycles. The Balaban J connectivity index is 0.00000289. The van der Waals surface area contributed by atoms with Gasteiger partial charge in [0.2, 0.25) is 5.91 Å². The van der Waals surface area contributed by atoms with E-state index in [0.29, 0.717) is 0 Å². The first-order valence-corrected chi connectivity index (χ1v) is 5.78. The summed E-state index contributed by atoms with van der Waals surface area (Å²) in [5.41, 5.74) is 6.59. The highest BCUT2D eigenvalue weighted by molar-refractivity contribution is 5.85. The van der Waals surface area contributed by atoms with E-state index in [2.05, 4.69) is 5.32 Å². The lowest BCUT2D eigenvalue weighted by atomic mass is 10.0. The number of halogens is 1. The van der Waals surface area contributed by atoms with Gasteiger partial charge in [0.1, 0.15) is 5.75 Å². The summed E-state index contributed by atoms with van der Waals surface area (Å²) in [5, 5.41) is 2.92. The van der Waals surface area contributed by atoms with Gasteiger partial charge in [0.25, 0.3) is 0 Å². The molecule has 2 atom stereocenters. The first-order chi connectivity index (χ1) is 8.08. The fraction of sp³-hybridized carbons (Fsp3) is 0.462. The average molecular weight is 273 g/mol. The minimum Gasteiger partial charge on any atom is -0.497 e. The van der Waals surface area contributed by atoms with Gasteiger partial charge >= 0.3 is 0 Å². The highest BCUT2D eigenvalue weighted by Gasteiger charge is 2.14. The molecule has 0 radical (unpaired) electrons. The molecule has 0 aromatic heterocycles. The summed E-state index contributed by atoms with van der Waals surface area (Å²) in [7, 11) is 1.63. The maximum absolute atomic E-state index is 11.5. The predicted octanol–water partition coefficient (Wildman–Crippen LogP) is 2.03. The smallest absolute Gasteiger partial charge is 0.237 e. The molecule has 2 unspecified atom stereocenters. The third kappa shape index (κ3) is 4.55. The third-order valence-electron chi connectivity index (χ3n) is 2.66. The number of nitrogens with two attached hydrogens (primary N) is 1. The van der Waals surface area contributed by atoms with Gasteiger partial charge in [-0.1, -0.05) is 19.1 Å². The molecule has 0 heterocycles. The molecule has 0 aliphatic carbocycles. The second-order valence-corrected chi connectivity index (χ2v) is 4.03. The highest BCUT2D eigenvalue weighted by atomic mass is 35.5. The number of amides is 1. The zero-order valence-corrected chi connectivity index (χ0v) is 11.8. The standard InChI is InChI=1S/C13H20N2O2.ClH/c1-4-12(15-13(16)9(2)14)10-5-7-11(17-3)8-6-10;/h5-9,12H,4,14H2,1-3H3,(H,15,16);1H. The van der Waals surface area contributed by atoms with Crippen molar-refractivity contribution >= 4 is 18.3 Å². The minimum absolute atomic E-state index is 0. The zero-order valence-electron chi connectivity index (χ0n) is 11.0. The normalized spacial score (nSPS) is 13.1. The number of hydrogen-bond donors (Lipinski definition) is 2. The summed E-state index contributed by atoms with van der Waals surface area (Å²) >= 11 is 0. The van der Waals surface area contributed by atoms with E-state index in [1.807, 2.05) is 31.2 Å². The van der Waals surface area contributed by atoms with Crippen LogP contribution in [0.5, 0.6) is 5.75 Å². The van der Waals surface area contributed by atoms with Gasteiger partial charge < -0.3 is 15.8 Å². The Labute approximate surface area is 114 Å². The summed E-state index contributed by atoms with van der Waals surface area (Å²) in [4.78, 5) is 11.5. The van der Waals surface area contributed by atoms with Crippen molar-refractivity contribution in [2.45, 2.75) is 32.4 Å². The van der Waals surface area contributed by atoms with Crippen molar-refractivity contribution < 1.29 is 9.53 Å². The highest BCUT2D eigenvalue weighted by Crippen LogP contribution is 2.19.